The average molecular weight is 385 g/mol. The van der Waals surface area contributed by atoms with Crippen LogP contribution in [-0.4, -0.2) is 27.1 Å². The van der Waals surface area contributed by atoms with Crippen molar-refractivity contribution in [1.29, 1.82) is 0 Å². The Morgan fingerprint density at radius 2 is 1.80 bits per heavy atom. The van der Waals surface area contributed by atoms with E-state index in [-0.39, 0.29) is 18.9 Å². The number of nitrogens with zero attached hydrogens (tertiary/aromatic N) is 1. The number of rotatable bonds is 7. The molecule has 0 spiro atoms. The lowest BCUT2D eigenvalue weighted by atomic mass is 10.2. The maximum absolute atomic E-state index is 13.0. The fourth-order valence-corrected chi connectivity index (χ4v) is 3.40. The summed E-state index contributed by atoms with van der Waals surface area (Å²) in [7, 11) is -3.54. The summed E-state index contributed by atoms with van der Waals surface area (Å²) in [5, 5.41) is 3.11. The van der Waals surface area contributed by atoms with E-state index in [1.165, 1.54) is 24.3 Å². The van der Waals surface area contributed by atoms with Crippen molar-refractivity contribution >= 4 is 38.9 Å². The molecular weight excluding hydrogens is 367 g/mol. The molecule has 5 nitrogen and oxygen atoms in total. The molecule has 2 aromatic rings. The number of anilines is 2. The summed E-state index contributed by atoms with van der Waals surface area (Å²) in [6.07, 6.45) is 1.50. The van der Waals surface area contributed by atoms with Gasteiger partial charge < -0.3 is 5.32 Å². The number of benzene rings is 2. The van der Waals surface area contributed by atoms with E-state index >= 15 is 0 Å². The molecule has 0 radical (unpaired) electrons. The number of para-hydroxylation sites is 1. The van der Waals surface area contributed by atoms with Crippen molar-refractivity contribution in [2.75, 3.05) is 22.4 Å². The first-order valence-corrected chi connectivity index (χ1v) is 9.77. The smallest absolute Gasteiger partial charge is 0.232 e. The molecule has 1 N–H and O–H groups in total. The summed E-state index contributed by atoms with van der Waals surface area (Å²) in [6.45, 7) is 0.112. The maximum Gasteiger partial charge on any atom is 0.232 e. The van der Waals surface area contributed by atoms with Crippen molar-refractivity contribution in [2.24, 2.45) is 0 Å². The Hall–Kier alpha value is -2.12. The van der Waals surface area contributed by atoms with Crippen LogP contribution in [0, 0.1) is 5.82 Å². The van der Waals surface area contributed by atoms with Gasteiger partial charge in [-0.05, 0) is 42.8 Å². The lowest BCUT2D eigenvalue weighted by molar-refractivity contribution is -0.116. The minimum absolute atomic E-state index is 0.112. The van der Waals surface area contributed by atoms with Gasteiger partial charge in [-0.25, -0.2) is 12.8 Å². The number of carbonyl (C=O) groups is 1. The molecule has 25 heavy (non-hydrogen) atoms. The quantitative estimate of drug-likeness (QED) is 0.792. The van der Waals surface area contributed by atoms with E-state index in [0.717, 1.165) is 10.6 Å². The van der Waals surface area contributed by atoms with Crippen molar-refractivity contribution in [1.82, 2.24) is 0 Å². The fourth-order valence-electron chi connectivity index (χ4n) is 2.25. The van der Waals surface area contributed by atoms with Crippen LogP contribution in [0.5, 0.6) is 0 Å². The van der Waals surface area contributed by atoms with Gasteiger partial charge in [0.2, 0.25) is 15.9 Å². The third-order valence-corrected chi connectivity index (χ3v) is 4.95. The van der Waals surface area contributed by atoms with E-state index in [9.17, 15) is 17.6 Å². The molecule has 2 rings (SSSR count). The molecule has 2 aromatic carbocycles. The van der Waals surface area contributed by atoms with Crippen LogP contribution in [0.15, 0.2) is 48.5 Å². The molecule has 0 bridgehead atoms. The molecule has 0 aliphatic carbocycles. The summed E-state index contributed by atoms with van der Waals surface area (Å²) in [5.74, 6) is -0.711. The molecule has 0 saturated heterocycles. The van der Waals surface area contributed by atoms with Crippen LogP contribution in [0.2, 0.25) is 5.02 Å². The molecule has 0 unspecified atom stereocenters. The number of hydrogen-bond acceptors (Lipinski definition) is 3. The van der Waals surface area contributed by atoms with Gasteiger partial charge in [0.25, 0.3) is 0 Å². The molecule has 0 aliphatic heterocycles. The van der Waals surface area contributed by atoms with Crippen LogP contribution >= 0.6 is 11.6 Å². The van der Waals surface area contributed by atoms with Crippen LogP contribution in [0.1, 0.15) is 12.8 Å². The predicted octanol–water partition coefficient (Wildman–Crippen LogP) is 3.66. The molecule has 0 aliphatic rings. The van der Waals surface area contributed by atoms with Gasteiger partial charge in [-0.2, -0.15) is 0 Å². The molecule has 0 fully saturated rings. The number of nitrogens with one attached hydrogen (secondary N) is 1. The van der Waals surface area contributed by atoms with E-state index in [1.54, 1.807) is 24.3 Å². The van der Waals surface area contributed by atoms with E-state index < -0.39 is 15.8 Å². The zero-order valence-electron chi connectivity index (χ0n) is 13.6. The van der Waals surface area contributed by atoms with Crippen molar-refractivity contribution < 1.29 is 17.6 Å². The van der Waals surface area contributed by atoms with Gasteiger partial charge in [-0.1, -0.05) is 23.7 Å². The SMILES string of the molecule is CS(=O)(=O)N(CCCC(=O)Nc1ccccc1Cl)c1ccc(F)cc1. The summed E-state index contributed by atoms with van der Waals surface area (Å²) in [5.41, 5.74) is 0.864. The molecule has 1 amide bonds. The largest absolute Gasteiger partial charge is 0.325 e. The lowest BCUT2D eigenvalue weighted by Crippen LogP contribution is -2.31. The zero-order chi connectivity index (χ0) is 18.4. The van der Waals surface area contributed by atoms with Gasteiger partial charge in [-0.3, -0.25) is 9.10 Å². The highest BCUT2D eigenvalue weighted by molar-refractivity contribution is 7.92. The maximum atomic E-state index is 13.0. The van der Waals surface area contributed by atoms with Gasteiger partial charge in [0, 0.05) is 13.0 Å². The molecule has 134 valence electrons. The lowest BCUT2D eigenvalue weighted by Gasteiger charge is -2.22. The van der Waals surface area contributed by atoms with Gasteiger partial charge in [-0.15, -0.1) is 0 Å². The summed E-state index contributed by atoms with van der Waals surface area (Å²) >= 11 is 5.97. The number of carbonyl (C=O) groups excluding carboxylic acids is 1. The summed E-state index contributed by atoms with van der Waals surface area (Å²) < 4.78 is 38.0. The van der Waals surface area contributed by atoms with E-state index in [2.05, 4.69) is 5.32 Å². The van der Waals surface area contributed by atoms with Crippen LogP contribution in [0.25, 0.3) is 0 Å². The highest BCUT2D eigenvalue weighted by Crippen LogP contribution is 2.21. The third kappa shape index (κ3) is 5.72. The Labute approximate surface area is 151 Å². The zero-order valence-corrected chi connectivity index (χ0v) is 15.1. The van der Waals surface area contributed by atoms with Crippen molar-refractivity contribution in [3.63, 3.8) is 0 Å². The Morgan fingerprint density at radius 3 is 2.40 bits per heavy atom. The van der Waals surface area contributed by atoms with Crippen molar-refractivity contribution in [3.05, 3.63) is 59.4 Å². The van der Waals surface area contributed by atoms with Gasteiger partial charge >= 0.3 is 0 Å². The topological polar surface area (TPSA) is 66.5 Å². The Kier molecular flexibility index (Phi) is 6.39. The minimum atomic E-state index is -3.54. The van der Waals surface area contributed by atoms with Gasteiger partial charge in [0.15, 0.2) is 0 Å². The molecule has 8 heteroatoms. The first kappa shape index (κ1) is 19.2. The second-order valence-corrected chi connectivity index (χ2v) is 7.76. The highest BCUT2D eigenvalue weighted by Gasteiger charge is 2.17. The van der Waals surface area contributed by atoms with E-state index in [1.807, 2.05) is 0 Å². The van der Waals surface area contributed by atoms with E-state index in [4.69, 9.17) is 11.6 Å². The first-order chi connectivity index (χ1) is 11.8. The number of halogens is 2. The van der Waals surface area contributed by atoms with E-state index in [0.29, 0.717) is 22.8 Å². The summed E-state index contributed by atoms with van der Waals surface area (Å²) in [6, 6.07) is 12.0. The van der Waals surface area contributed by atoms with Crippen molar-refractivity contribution in [3.8, 4) is 0 Å². The van der Waals surface area contributed by atoms with Crippen LogP contribution in [0.4, 0.5) is 15.8 Å². The van der Waals surface area contributed by atoms with Gasteiger partial charge in [0.05, 0.1) is 22.7 Å². The Balaban J connectivity index is 1.96. The minimum Gasteiger partial charge on any atom is -0.325 e. The predicted molar refractivity (Wildman–Crippen MR) is 97.9 cm³/mol. The summed E-state index contributed by atoms with van der Waals surface area (Å²) in [4.78, 5) is 12.0. The average Bonchev–Trinajstić information content (AvgIpc) is 2.54. The third-order valence-electron chi connectivity index (χ3n) is 3.43. The number of amides is 1. The normalized spacial score (nSPS) is 11.2. The second kappa shape index (κ2) is 8.31. The molecule has 0 aromatic heterocycles. The van der Waals surface area contributed by atoms with Crippen LogP contribution in [-0.2, 0) is 14.8 Å². The van der Waals surface area contributed by atoms with Gasteiger partial charge in [0.1, 0.15) is 5.82 Å². The van der Waals surface area contributed by atoms with Crippen LogP contribution < -0.4 is 9.62 Å². The fraction of sp³-hybridized carbons (Fsp3) is 0.235. The number of hydrogen-bond donors (Lipinski definition) is 1. The second-order valence-electron chi connectivity index (χ2n) is 5.44. The first-order valence-electron chi connectivity index (χ1n) is 7.55. The Bertz CT molecular complexity index is 841. The van der Waals surface area contributed by atoms with Crippen molar-refractivity contribution in [2.45, 2.75) is 12.8 Å². The number of sulfonamides is 1. The molecular formula is C17H18ClFN2O3S. The van der Waals surface area contributed by atoms with Crippen LogP contribution in [0.3, 0.4) is 0 Å². The molecule has 0 heterocycles. The monoisotopic (exact) mass is 384 g/mol. The standard InChI is InChI=1S/C17H18ClFN2O3S/c1-25(23,24)21(14-10-8-13(19)9-11-14)12-4-7-17(22)20-16-6-3-2-5-15(16)18/h2-3,5-6,8-11H,4,7,12H2,1H3,(H,20,22). The molecule has 0 atom stereocenters. The molecule has 0 saturated carbocycles. The Morgan fingerprint density at radius 1 is 1.16 bits per heavy atom. The highest BCUT2D eigenvalue weighted by atomic mass is 35.5.